The van der Waals surface area contributed by atoms with E-state index < -0.39 is 0 Å². The molecule has 1 N–H and O–H groups in total. The highest BCUT2D eigenvalue weighted by molar-refractivity contribution is 5.80. The van der Waals surface area contributed by atoms with Crippen LogP contribution in [0.15, 0.2) is 29.2 Å². The van der Waals surface area contributed by atoms with Gasteiger partial charge in [0.15, 0.2) is 0 Å². The fourth-order valence-electron chi connectivity index (χ4n) is 1.57. The van der Waals surface area contributed by atoms with Crippen LogP contribution in [0, 0.1) is 0 Å². The highest BCUT2D eigenvalue weighted by Crippen LogP contribution is 2.20. The molecule has 3 nitrogen and oxygen atoms in total. The molecule has 0 aliphatic rings. The third-order valence-corrected chi connectivity index (χ3v) is 2.23. The van der Waals surface area contributed by atoms with Crippen LogP contribution in [-0.2, 0) is 0 Å². The van der Waals surface area contributed by atoms with Gasteiger partial charge in [-0.05, 0) is 18.1 Å². The van der Waals surface area contributed by atoms with Crippen LogP contribution >= 0.6 is 0 Å². The molecule has 0 aromatic carbocycles. The summed E-state index contributed by atoms with van der Waals surface area (Å²) in [5.41, 5.74) is 1.81. The summed E-state index contributed by atoms with van der Waals surface area (Å²) in [4.78, 5) is 18.2. The number of aromatic amines is 1. The number of fused-ring (bicyclic) bond motifs is 1. The Morgan fingerprint density at radius 1 is 1.29 bits per heavy atom. The number of hydrogen-bond acceptors (Lipinski definition) is 2. The lowest BCUT2D eigenvalue weighted by molar-refractivity contribution is 0.834. The highest BCUT2D eigenvalue weighted by Gasteiger charge is 2.05. The van der Waals surface area contributed by atoms with Gasteiger partial charge in [0.2, 0.25) is 5.56 Å². The first-order chi connectivity index (χ1) is 6.68. The molecule has 0 radical (unpaired) electrons. The van der Waals surface area contributed by atoms with Crippen molar-refractivity contribution in [2.75, 3.05) is 0 Å². The van der Waals surface area contributed by atoms with Crippen LogP contribution in [0.4, 0.5) is 0 Å². The molecule has 0 saturated heterocycles. The molecule has 2 aromatic rings. The zero-order valence-corrected chi connectivity index (χ0v) is 8.24. The second-order valence-electron chi connectivity index (χ2n) is 3.63. The molecule has 0 aliphatic heterocycles. The molecule has 0 aliphatic carbocycles. The monoisotopic (exact) mass is 188 g/mol. The summed E-state index contributed by atoms with van der Waals surface area (Å²) < 4.78 is 0. The summed E-state index contributed by atoms with van der Waals surface area (Å²) in [5, 5.41) is 1.03. The molecule has 2 rings (SSSR count). The average molecular weight is 188 g/mol. The number of rotatable bonds is 1. The van der Waals surface area contributed by atoms with E-state index in [1.54, 1.807) is 6.20 Å². The van der Waals surface area contributed by atoms with Crippen LogP contribution in [0.1, 0.15) is 25.5 Å². The number of pyridine rings is 2. The van der Waals surface area contributed by atoms with Crippen LogP contribution in [0.2, 0.25) is 0 Å². The van der Waals surface area contributed by atoms with E-state index in [9.17, 15) is 4.79 Å². The summed E-state index contributed by atoms with van der Waals surface area (Å²) >= 11 is 0. The van der Waals surface area contributed by atoms with Crippen LogP contribution in [0.25, 0.3) is 10.9 Å². The molecule has 0 amide bonds. The van der Waals surface area contributed by atoms with Crippen LogP contribution in [-0.4, -0.2) is 9.97 Å². The fraction of sp³-hybridized carbons (Fsp3) is 0.273. The molecule has 2 aromatic heterocycles. The van der Waals surface area contributed by atoms with Gasteiger partial charge in [-0.25, -0.2) is 0 Å². The van der Waals surface area contributed by atoms with Gasteiger partial charge in [-0.1, -0.05) is 13.8 Å². The molecule has 3 heteroatoms. The average Bonchev–Trinajstić information content (AvgIpc) is 2.16. The Morgan fingerprint density at radius 3 is 2.79 bits per heavy atom. The van der Waals surface area contributed by atoms with E-state index in [0.29, 0.717) is 5.92 Å². The van der Waals surface area contributed by atoms with Gasteiger partial charge in [0.1, 0.15) is 0 Å². The van der Waals surface area contributed by atoms with Crippen LogP contribution in [0.3, 0.4) is 0 Å². The molecule has 0 bridgehead atoms. The normalized spacial score (nSPS) is 11.1. The van der Waals surface area contributed by atoms with Gasteiger partial charge in [-0.15, -0.1) is 0 Å². The van der Waals surface area contributed by atoms with Gasteiger partial charge in [-0.2, -0.15) is 0 Å². The molecule has 0 saturated carbocycles. The third-order valence-electron chi connectivity index (χ3n) is 2.23. The number of aromatic nitrogens is 2. The Morgan fingerprint density at radius 2 is 2.07 bits per heavy atom. The van der Waals surface area contributed by atoms with Crippen molar-refractivity contribution < 1.29 is 0 Å². The van der Waals surface area contributed by atoms with Crippen molar-refractivity contribution in [2.24, 2.45) is 0 Å². The van der Waals surface area contributed by atoms with Crippen molar-refractivity contribution in [2.45, 2.75) is 19.8 Å². The molecule has 0 fully saturated rings. The third kappa shape index (κ3) is 1.41. The molecule has 0 atom stereocenters. The second-order valence-corrected chi connectivity index (χ2v) is 3.63. The van der Waals surface area contributed by atoms with E-state index >= 15 is 0 Å². The number of nitrogens with zero attached hydrogens (tertiary/aromatic N) is 1. The van der Waals surface area contributed by atoms with Gasteiger partial charge in [0.05, 0.1) is 11.2 Å². The largest absolute Gasteiger partial charge is 0.322 e. The Kier molecular flexibility index (Phi) is 2.08. The first kappa shape index (κ1) is 8.94. The maximum Gasteiger partial charge on any atom is 0.248 e. The lowest BCUT2D eigenvalue weighted by Gasteiger charge is -2.07. The van der Waals surface area contributed by atoms with E-state index in [1.807, 2.05) is 12.1 Å². The van der Waals surface area contributed by atoms with Gasteiger partial charge >= 0.3 is 0 Å². The van der Waals surface area contributed by atoms with Crippen molar-refractivity contribution in [1.29, 1.82) is 0 Å². The Balaban J connectivity index is 2.81. The molecule has 72 valence electrons. The van der Waals surface area contributed by atoms with Crippen molar-refractivity contribution in [3.8, 4) is 0 Å². The fourth-order valence-corrected chi connectivity index (χ4v) is 1.57. The van der Waals surface area contributed by atoms with Crippen LogP contribution in [0.5, 0.6) is 0 Å². The highest BCUT2D eigenvalue weighted by atomic mass is 16.1. The van der Waals surface area contributed by atoms with Gasteiger partial charge in [0, 0.05) is 17.6 Å². The summed E-state index contributed by atoms with van der Waals surface area (Å²) in [5.74, 6) is 0.365. The van der Waals surface area contributed by atoms with E-state index in [2.05, 4.69) is 23.8 Å². The summed E-state index contributed by atoms with van der Waals surface area (Å²) in [6.45, 7) is 4.18. The molecular formula is C11H12N2O. The lowest BCUT2D eigenvalue weighted by atomic mass is 10.1. The Labute approximate surface area is 81.8 Å². The van der Waals surface area contributed by atoms with E-state index in [0.717, 1.165) is 16.6 Å². The quantitative estimate of drug-likeness (QED) is 0.744. The molecule has 14 heavy (non-hydrogen) atoms. The van der Waals surface area contributed by atoms with Crippen molar-refractivity contribution in [3.63, 3.8) is 0 Å². The molecule has 0 spiro atoms. The van der Waals surface area contributed by atoms with Crippen LogP contribution < -0.4 is 5.56 Å². The minimum Gasteiger partial charge on any atom is -0.322 e. The predicted molar refractivity (Wildman–Crippen MR) is 56.5 cm³/mol. The maximum atomic E-state index is 11.1. The van der Waals surface area contributed by atoms with Crippen molar-refractivity contribution in [3.05, 3.63) is 40.4 Å². The van der Waals surface area contributed by atoms with Crippen molar-refractivity contribution >= 4 is 10.9 Å². The zero-order chi connectivity index (χ0) is 10.1. The molecule has 2 heterocycles. The zero-order valence-electron chi connectivity index (χ0n) is 8.24. The molecule has 0 unspecified atom stereocenters. The maximum absolute atomic E-state index is 11.1. The Hall–Kier alpha value is -1.64. The van der Waals surface area contributed by atoms with E-state index in [4.69, 9.17) is 0 Å². The number of hydrogen-bond donors (Lipinski definition) is 1. The van der Waals surface area contributed by atoms with E-state index in [-0.39, 0.29) is 5.56 Å². The smallest absolute Gasteiger partial charge is 0.248 e. The predicted octanol–water partition coefficient (Wildman–Crippen LogP) is 2.05. The summed E-state index contributed by atoms with van der Waals surface area (Å²) in [6, 6.07) is 5.19. The topological polar surface area (TPSA) is 45.8 Å². The van der Waals surface area contributed by atoms with Gasteiger partial charge in [0.25, 0.3) is 0 Å². The first-order valence-electron chi connectivity index (χ1n) is 4.66. The first-order valence-corrected chi connectivity index (χ1v) is 4.66. The Bertz CT molecular complexity index is 514. The van der Waals surface area contributed by atoms with Gasteiger partial charge in [-0.3, -0.25) is 9.78 Å². The standard InChI is InChI=1S/C11H12N2O/c1-7(2)11-8-3-4-10(14)13-9(8)5-6-12-11/h3-7H,1-2H3,(H,13,14). The minimum absolute atomic E-state index is 0.0709. The lowest BCUT2D eigenvalue weighted by Crippen LogP contribution is -2.04. The molecular weight excluding hydrogens is 176 g/mol. The van der Waals surface area contributed by atoms with Crippen molar-refractivity contribution in [1.82, 2.24) is 9.97 Å². The van der Waals surface area contributed by atoms with E-state index in [1.165, 1.54) is 6.07 Å². The second kappa shape index (κ2) is 3.25. The number of nitrogens with one attached hydrogen (secondary N) is 1. The number of H-pyrrole nitrogens is 1. The summed E-state index contributed by atoms with van der Waals surface area (Å²) in [7, 11) is 0. The SMILES string of the molecule is CC(C)c1nccc2[nH]c(=O)ccc12. The minimum atomic E-state index is -0.0709. The summed E-state index contributed by atoms with van der Waals surface area (Å²) in [6.07, 6.45) is 1.73. The van der Waals surface area contributed by atoms with Gasteiger partial charge < -0.3 is 4.98 Å².